The van der Waals surface area contributed by atoms with Crippen LogP contribution in [0.3, 0.4) is 0 Å². The first kappa shape index (κ1) is 16.3. The molecule has 0 atom stereocenters. The number of fused-ring (bicyclic) bond motifs is 1. The normalized spacial score (nSPS) is 13.2. The predicted molar refractivity (Wildman–Crippen MR) is 102 cm³/mol. The lowest BCUT2D eigenvalue weighted by Crippen LogP contribution is -2.31. The van der Waals surface area contributed by atoms with Crippen molar-refractivity contribution in [3.8, 4) is 0 Å². The van der Waals surface area contributed by atoms with E-state index in [1.807, 2.05) is 31.2 Å². The van der Waals surface area contributed by atoms with Gasteiger partial charge in [0.05, 0.1) is 5.56 Å². The molecule has 0 saturated heterocycles. The van der Waals surface area contributed by atoms with Crippen LogP contribution in [0.4, 0.5) is 11.6 Å². The summed E-state index contributed by atoms with van der Waals surface area (Å²) in [6, 6.07) is 16.1. The summed E-state index contributed by atoms with van der Waals surface area (Å²) in [7, 11) is 0. The zero-order valence-corrected chi connectivity index (χ0v) is 14.6. The molecule has 3 aromatic rings. The van der Waals surface area contributed by atoms with Gasteiger partial charge in [0, 0.05) is 31.2 Å². The van der Waals surface area contributed by atoms with Gasteiger partial charge >= 0.3 is 0 Å². The number of amides is 1. The Morgan fingerprint density at radius 1 is 1.00 bits per heavy atom. The van der Waals surface area contributed by atoms with Crippen LogP contribution in [0.2, 0.25) is 0 Å². The highest BCUT2D eigenvalue weighted by Gasteiger charge is 2.18. The van der Waals surface area contributed by atoms with Gasteiger partial charge < -0.3 is 10.2 Å². The average molecular weight is 344 g/mol. The molecule has 0 spiro atoms. The lowest BCUT2D eigenvalue weighted by molar-refractivity contribution is 0.102. The lowest BCUT2D eigenvalue weighted by atomic mass is 10.0. The van der Waals surface area contributed by atoms with Gasteiger partial charge in [-0.25, -0.2) is 9.97 Å². The highest BCUT2D eigenvalue weighted by atomic mass is 16.1. The first-order valence-electron chi connectivity index (χ1n) is 8.71. The van der Waals surface area contributed by atoms with E-state index in [4.69, 9.17) is 0 Å². The van der Waals surface area contributed by atoms with Crippen molar-refractivity contribution in [1.29, 1.82) is 0 Å². The van der Waals surface area contributed by atoms with Crippen LogP contribution < -0.4 is 10.2 Å². The van der Waals surface area contributed by atoms with Crippen molar-refractivity contribution in [2.75, 3.05) is 16.8 Å². The summed E-state index contributed by atoms with van der Waals surface area (Å²) >= 11 is 0. The van der Waals surface area contributed by atoms with Gasteiger partial charge in [-0.15, -0.1) is 0 Å². The van der Waals surface area contributed by atoms with E-state index >= 15 is 0 Å². The molecule has 2 heterocycles. The molecule has 130 valence electrons. The molecule has 0 radical (unpaired) electrons. The molecular weight excluding hydrogens is 324 g/mol. The molecule has 5 nitrogen and oxygen atoms in total. The molecule has 1 aliphatic rings. The van der Waals surface area contributed by atoms with Crippen LogP contribution in [-0.2, 0) is 13.0 Å². The van der Waals surface area contributed by atoms with Gasteiger partial charge in [0.2, 0.25) is 5.95 Å². The van der Waals surface area contributed by atoms with E-state index in [0.29, 0.717) is 11.5 Å². The van der Waals surface area contributed by atoms with Gasteiger partial charge in [0.15, 0.2) is 0 Å². The highest BCUT2D eigenvalue weighted by Crippen LogP contribution is 2.22. The number of nitrogens with zero attached hydrogens (tertiary/aromatic N) is 3. The minimum Gasteiger partial charge on any atom is -0.336 e. The smallest absolute Gasteiger partial charge is 0.258 e. The summed E-state index contributed by atoms with van der Waals surface area (Å²) in [4.78, 5) is 23.4. The largest absolute Gasteiger partial charge is 0.336 e. The molecule has 1 amide bonds. The van der Waals surface area contributed by atoms with Crippen molar-refractivity contribution in [3.63, 3.8) is 0 Å². The molecule has 5 heteroatoms. The summed E-state index contributed by atoms with van der Waals surface area (Å²) < 4.78 is 0. The van der Waals surface area contributed by atoms with E-state index in [2.05, 4.69) is 44.5 Å². The molecule has 0 bridgehead atoms. The van der Waals surface area contributed by atoms with E-state index < -0.39 is 0 Å². The number of para-hydroxylation sites is 1. The fourth-order valence-electron chi connectivity index (χ4n) is 3.18. The lowest BCUT2D eigenvalue weighted by Gasteiger charge is -2.28. The van der Waals surface area contributed by atoms with Gasteiger partial charge in [-0.3, -0.25) is 4.79 Å². The van der Waals surface area contributed by atoms with E-state index in [-0.39, 0.29) is 5.91 Å². The molecular formula is C21H20N4O. The summed E-state index contributed by atoms with van der Waals surface area (Å²) in [5.41, 5.74) is 4.97. The van der Waals surface area contributed by atoms with Gasteiger partial charge in [0.1, 0.15) is 0 Å². The number of anilines is 2. The third kappa shape index (κ3) is 3.28. The molecule has 0 aliphatic carbocycles. The van der Waals surface area contributed by atoms with Crippen LogP contribution >= 0.6 is 0 Å². The fourth-order valence-corrected chi connectivity index (χ4v) is 3.18. The molecule has 2 aromatic carbocycles. The molecule has 0 unspecified atom stereocenters. The van der Waals surface area contributed by atoms with Crippen molar-refractivity contribution in [2.24, 2.45) is 0 Å². The van der Waals surface area contributed by atoms with Crippen molar-refractivity contribution in [2.45, 2.75) is 19.9 Å². The Morgan fingerprint density at radius 2 is 1.69 bits per heavy atom. The van der Waals surface area contributed by atoms with E-state index in [1.165, 1.54) is 11.1 Å². The van der Waals surface area contributed by atoms with E-state index in [9.17, 15) is 4.79 Å². The van der Waals surface area contributed by atoms with Gasteiger partial charge in [-0.05, 0) is 36.1 Å². The minimum atomic E-state index is -0.199. The average Bonchev–Trinajstić information content (AvgIpc) is 2.69. The molecule has 0 saturated carbocycles. The van der Waals surface area contributed by atoms with E-state index in [0.717, 1.165) is 30.8 Å². The highest BCUT2D eigenvalue weighted by molar-refractivity contribution is 6.04. The van der Waals surface area contributed by atoms with Crippen molar-refractivity contribution >= 4 is 17.5 Å². The summed E-state index contributed by atoms with van der Waals surface area (Å²) in [6.07, 6.45) is 4.17. The third-order valence-corrected chi connectivity index (χ3v) is 4.71. The Kier molecular flexibility index (Phi) is 4.35. The summed E-state index contributed by atoms with van der Waals surface area (Å²) in [5.74, 6) is 0.460. The Labute approximate surface area is 152 Å². The number of aromatic nitrogens is 2. The monoisotopic (exact) mass is 344 g/mol. The predicted octanol–water partition coefficient (Wildman–Crippen LogP) is 3.60. The maximum atomic E-state index is 12.4. The molecule has 0 fully saturated rings. The number of hydrogen-bond donors (Lipinski definition) is 1. The second kappa shape index (κ2) is 6.96. The standard InChI is InChI=1S/C21H20N4O/c1-15-6-2-5-9-19(15)24-20(26)18-12-22-21(23-13-18)25-11-10-16-7-3-4-8-17(16)14-25/h2-9,12-13H,10-11,14H2,1H3,(H,24,26). The van der Waals surface area contributed by atoms with Crippen LogP contribution in [0.1, 0.15) is 27.0 Å². The van der Waals surface area contributed by atoms with Crippen LogP contribution in [0.5, 0.6) is 0 Å². The molecule has 1 aliphatic heterocycles. The van der Waals surface area contributed by atoms with Crippen molar-refractivity contribution in [1.82, 2.24) is 9.97 Å². The van der Waals surface area contributed by atoms with Crippen LogP contribution in [0.15, 0.2) is 60.9 Å². The van der Waals surface area contributed by atoms with Gasteiger partial charge in [0.25, 0.3) is 5.91 Å². The molecule has 4 rings (SSSR count). The zero-order chi connectivity index (χ0) is 17.9. The first-order valence-corrected chi connectivity index (χ1v) is 8.71. The Bertz CT molecular complexity index is 937. The van der Waals surface area contributed by atoms with Crippen molar-refractivity contribution < 1.29 is 4.79 Å². The third-order valence-electron chi connectivity index (χ3n) is 4.71. The SMILES string of the molecule is Cc1ccccc1NC(=O)c1cnc(N2CCc3ccccc3C2)nc1. The number of carbonyl (C=O) groups excluding carboxylic acids is 1. The zero-order valence-electron chi connectivity index (χ0n) is 14.6. The van der Waals surface area contributed by atoms with E-state index in [1.54, 1.807) is 12.4 Å². The summed E-state index contributed by atoms with van der Waals surface area (Å²) in [5, 5.41) is 2.91. The number of rotatable bonds is 3. The quantitative estimate of drug-likeness (QED) is 0.789. The van der Waals surface area contributed by atoms with Crippen LogP contribution in [0, 0.1) is 6.92 Å². The molecule has 1 N–H and O–H groups in total. The van der Waals surface area contributed by atoms with Gasteiger partial charge in [-0.1, -0.05) is 42.5 Å². The maximum absolute atomic E-state index is 12.4. The first-order chi connectivity index (χ1) is 12.7. The van der Waals surface area contributed by atoms with Crippen LogP contribution in [0.25, 0.3) is 0 Å². The summed E-state index contributed by atoms with van der Waals surface area (Å²) in [6.45, 7) is 3.64. The Morgan fingerprint density at radius 3 is 2.46 bits per heavy atom. The number of carbonyl (C=O) groups is 1. The fraction of sp³-hybridized carbons (Fsp3) is 0.190. The number of hydrogen-bond acceptors (Lipinski definition) is 4. The number of aryl methyl sites for hydroxylation is 1. The topological polar surface area (TPSA) is 58.1 Å². The second-order valence-electron chi connectivity index (χ2n) is 6.48. The molecule has 26 heavy (non-hydrogen) atoms. The number of benzene rings is 2. The second-order valence-corrected chi connectivity index (χ2v) is 6.48. The maximum Gasteiger partial charge on any atom is 0.258 e. The minimum absolute atomic E-state index is 0.199. The van der Waals surface area contributed by atoms with Crippen molar-refractivity contribution in [3.05, 3.63) is 83.2 Å². The van der Waals surface area contributed by atoms with Crippen LogP contribution in [-0.4, -0.2) is 22.4 Å². The van der Waals surface area contributed by atoms with Gasteiger partial charge in [-0.2, -0.15) is 0 Å². The Hall–Kier alpha value is -3.21. The molecule has 1 aromatic heterocycles. The number of nitrogens with one attached hydrogen (secondary N) is 1. The Balaban J connectivity index is 1.47.